The number of carbonyl (C=O) groups is 2. The molecule has 0 aliphatic carbocycles. The van der Waals surface area contributed by atoms with Gasteiger partial charge in [0.25, 0.3) is 5.91 Å². The molecule has 0 saturated carbocycles. The molecule has 0 fully saturated rings. The minimum atomic E-state index is -1.00. The molecule has 7 heteroatoms. The molecule has 0 aromatic rings. The van der Waals surface area contributed by atoms with Crippen LogP contribution in [0.3, 0.4) is 0 Å². The maximum absolute atomic E-state index is 11.7. The molecule has 102 valence electrons. The number of hydrazone groups is 1. The number of nitrogens with one attached hydrogen (secondary N) is 2. The summed E-state index contributed by atoms with van der Waals surface area (Å²) in [6.45, 7) is 2.23. The summed E-state index contributed by atoms with van der Waals surface area (Å²) in [6.07, 6.45) is 0.591. The SMILES string of the molecule is CN(C)CC(C)(O)CNC(=O)C1=NNC(=O)CC1. The Morgan fingerprint density at radius 2 is 2.22 bits per heavy atom. The zero-order valence-electron chi connectivity index (χ0n) is 11.0. The van der Waals surface area contributed by atoms with Gasteiger partial charge < -0.3 is 15.3 Å². The Morgan fingerprint density at radius 3 is 2.72 bits per heavy atom. The zero-order valence-corrected chi connectivity index (χ0v) is 11.0. The molecule has 0 saturated heterocycles. The zero-order chi connectivity index (χ0) is 13.8. The van der Waals surface area contributed by atoms with Gasteiger partial charge in [-0.3, -0.25) is 9.59 Å². The van der Waals surface area contributed by atoms with E-state index in [9.17, 15) is 14.7 Å². The molecule has 0 aromatic heterocycles. The summed E-state index contributed by atoms with van der Waals surface area (Å²) in [6, 6.07) is 0. The lowest BCUT2D eigenvalue weighted by molar-refractivity contribution is -0.121. The molecule has 2 amide bonds. The van der Waals surface area contributed by atoms with Gasteiger partial charge in [-0.25, -0.2) is 5.43 Å². The van der Waals surface area contributed by atoms with E-state index in [1.165, 1.54) is 0 Å². The molecule has 0 radical (unpaired) electrons. The first kappa shape index (κ1) is 14.6. The van der Waals surface area contributed by atoms with Crippen LogP contribution in [0.25, 0.3) is 0 Å². The second-order valence-electron chi connectivity index (χ2n) is 5.01. The first-order valence-corrected chi connectivity index (χ1v) is 5.81. The molecule has 1 rings (SSSR count). The van der Waals surface area contributed by atoms with Crippen LogP contribution in [0, 0.1) is 0 Å². The average Bonchev–Trinajstić information content (AvgIpc) is 2.25. The van der Waals surface area contributed by atoms with Crippen LogP contribution >= 0.6 is 0 Å². The van der Waals surface area contributed by atoms with E-state index in [0.29, 0.717) is 13.0 Å². The lowest BCUT2D eigenvalue weighted by atomic mass is 10.1. The van der Waals surface area contributed by atoms with Gasteiger partial charge in [0.15, 0.2) is 0 Å². The fourth-order valence-electron chi connectivity index (χ4n) is 1.75. The van der Waals surface area contributed by atoms with E-state index in [-0.39, 0.29) is 30.5 Å². The molecule has 0 spiro atoms. The number of hydrogen-bond donors (Lipinski definition) is 3. The van der Waals surface area contributed by atoms with Gasteiger partial charge in [0.1, 0.15) is 5.71 Å². The van der Waals surface area contributed by atoms with Crippen LogP contribution in [0.15, 0.2) is 5.10 Å². The summed E-state index contributed by atoms with van der Waals surface area (Å²) >= 11 is 0. The number of likely N-dealkylation sites (N-methyl/N-ethyl adjacent to an activating group) is 1. The van der Waals surface area contributed by atoms with Crippen molar-refractivity contribution < 1.29 is 14.7 Å². The van der Waals surface area contributed by atoms with Crippen molar-refractivity contribution in [3.63, 3.8) is 0 Å². The molecule has 1 atom stereocenters. The first-order valence-electron chi connectivity index (χ1n) is 5.81. The minimum absolute atomic E-state index is 0.136. The van der Waals surface area contributed by atoms with Crippen molar-refractivity contribution in [3.8, 4) is 0 Å². The minimum Gasteiger partial charge on any atom is -0.387 e. The van der Waals surface area contributed by atoms with Gasteiger partial charge >= 0.3 is 0 Å². The smallest absolute Gasteiger partial charge is 0.267 e. The van der Waals surface area contributed by atoms with Crippen LogP contribution < -0.4 is 10.7 Å². The summed E-state index contributed by atoms with van der Waals surface area (Å²) in [4.78, 5) is 24.4. The largest absolute Gasteiger partial charge is 0.387 e. The van der Waals surface area contributed by atoms with Crippen molar-refractivity contribution in [3.05, 3.63) is 0 Å². The first-order chi connectivity index (χ1) is 8.30. The predicted molar refractivity (Wildman–Crippen MR) is 67.0 cm³/mol. The van der Waals surface area contributed by atoms with E-state index >= 15 is 0 Å². The second-order valence-corrected chi connectivity index (χ2v) is 5.01. The average molecular weight is 256 g/mol. The lowest BCUT2D eigenvalue weighted by Crippen LogP contribution is -2.49. The molecule has 0 bridgehead atoms. The fraction of sp³-hybridized carbons (Fsp3) is 0.727. The molecule has 0 aromatic carbocycles. The van der Waals surface area contributed by atoms with Crippen molar-refractivity contribution in [1.82, 2.24) is 15.6 Å². The van der Waals surface area contributed by atoms with Crippen LogP contribution in [-0.2, 0) is 9.59 Å². The van der Waals surface area contributed by atoms with Gasteiger partial charge in [0.05, 0.1) is 5.60 Å². The molecule has 1 aliphatic heterocycles. The van der Waals surface area contributed by atoms with Crippen molar-refractivity contribution >= 4 is 17.5 Å². The molecule has 18 heavy (non-hydrogen) atoms. The molecule has 1 aliphatic rings. The summed E-state index contributed by atoms with van der Waals surface area (Å²) < 4.78 is 0. The van der Waals surface area contributed by atoms with Crippen molar-refractivity contribution in [2.75, 3.05) is 27.2 Å². The van der Waals surface area contributed by atoms with Crippen molar-refractivity contribution in [1.29, 1.82) is 0 Å². The monoisotopic (exact) mass is 256 g/mol. The maximum Gasteiger partial charge on any atom is 0.267 e. The summed E-state index contributed by atoms with van der Waals surface area (Å²) in [5, 5.41) is 16.3. The summed E-state index contributed by atoms with van der Waals surface area (Å²) in [5.74, 6) is -0.541. The lowest BCUT2D eigenvalue weighted by Gasteiger charge is -2.27. The van der Waals surface area contributed by atoms with Gasteiger partial charge in [0.2, 0.25) is 5.91 Å². The standard InChI is InChI=1S/C11H20N4O3/c1-11(18,7-15(2)3)6-12-10(17)8-4-5-9(16)14-13-8/h18H,4-7H2,1-3H3,(H,12,17)(H,14,16). The highest BCUT2D eigenvalue weighted by molar-refractivity contribution is 6.39. The molecule has 1 unspecified atom stereocenters. The molecule has 1 heterocycles. The Labute approximate surface area is 106 Å². The van der Waals surface area contributed by atoms with Gasteiger partial charge in [-0.05, 0) is 21.0 Å². The predicted octanol–water partition coefficient (Wildman–Crippen LogP) is -1.32. The molecular formula is C11H20N4O3. The number of aliphatic hydroxyl groups is 1. The van der Waals surface area contributed by atoms with Crippen molar-refractivity contribution in [2.45, 2.75) is 25.4 Å². The third-order valence-corrected chi connectivity index (χ3v) is 2.45. The van der Waals surface area contributed by atoms with E-state index in [1.807, 2.05) is 19.0 Å². The third kappa shape index (κ3) is 4.80. The summed E-state index contributed by atoms with van der Waals surface area (Å²) in [7, 11) is 3.69. The number of amides is 2. The van der Waals surface area contributed by atoms with E-state index in [0.717, 1.165) is 0 Å². The van der Waals surface area contributed by atoms with Crippen LogP contribution in [0.4, 0.5) is 0 Å². The number of hydrogen-bond acceptors (Lipinski definition) is 5. The number of rotatable bonds is 5. The third-order valence-electron chi connectivity index (χ3n) is 2.45. The maximum atomic E-state index is 11.7. The summed E-state index contributed by atoms with van der Waals surface area (Å²) in [5.41, 5.74) is 1.54. The van der Waals surface area contributed by atoms with Gasteiger partial charge in [0, 0.05) is 25.9 Å². The molecule has 7 nitrogen and oxygen atoms in total. The van der Waals surface area contributed by atoms with Crippen molar-refractivity contribution in [2.24, 2.45) is 5.10 Å². The quantitative estimate of drug-likeness (QED) is 0.569. The number of carbonyl (C=O) groups excluding carboxylic acids is 2. The normalized spacial score (nSPS) is 18.9. The van der Waals surface area contributed by atoms with E-state index in [2.05, 4.69) is 15.8 Å². The van der Waals surface area contributed by atoms with Gasteiger partial charge in [-0.2, -0.15) is 5.10 Å². The van der Waals surface area contributed by atoms with Crippen LogP contribution in [0.2, 0.25) is 0 Å². The second kappa shape index (κ2) is 5.92. The van der Waals surface area contributed by atoms with Crippen LogP contribution in [-0.4, -0.2) is 60.3 Å². The Bertz CT molecular complexity index is 363. The Hall–Kier alpha value is -1.47. The van der Waals surface area contributed by atoms with E-state index < -0.39 is 5.60 Å². The van der Waals surface area contributed by atoms with E-state index in [1.54, 1.807) is 6.92 Å². The Kier molecular flexibility index (Phi) is 4.80. The topological polar surface area (TPSA) is 94.0 Å². The molecular weight excluding hydrogens is 236 g/mol. The van der Waals surface area contributed by atoms with E-state index in [4.69, 9.17) is 0 Å². The molecule has 3 N–H and O–H groups in total. The fourth-order valence-corrected chi connectivity index (χ4v) is 1.75. The van der Waals surface area contributed by atoms with Gasteiger partial charge in [-0.1, -0.05) is 0 Å². The van der Waals surface area contributed by atoms with Gasteiger partial charge in [-0.15, -0.1) is 0 Å². The Morgan fingerprint density at radius 1 is 1.56 bits per heavy atom. The highest BCUT2D eigenvalue weighted by Gasteiger charge is 2.24. The highest BCUT2D eigenvalue weighted by Crippen LogP contribution is 2.04. The van der Waals surface area contributed by atoms with Crippen LogP contribution in [0.5, 0.6) is 0 Å². The number of nitrogens with zero attached hydrogens (tertiary/aromatic N) is 2. The highest BCUT2D eigenvalue weighted by atomic mass is 16.3. The Balaban J connectivity index is 2.44. The van der Waals surface area contributed by atoms with Crippen LogP contribution in [0.1, 0.15) is 19.8 Å².